The molecule has 0 bridgehead atoms. The third-order valence-corrected chi connectivity index (χ3v) is 1.76. The van der Waals surface area contributed by atoms with Crippen molar-refractivity contribution in [3.8, 4) is 0 Å². The minimum atomic E-state index is -4.61. The van der Waals surface area contributed by atoms with Gasteiger partial charge < -0.3 is 0 Å². The summed E-state index contributed by atoms with van der Waals surface area (Å²) in [5.74, 6) is 0. The van der Waals surface area contributed by atoms with Crippen LogP contribution in [0.4, 0.5) is 18.9 Å². The number of hydrogen-bond acceptors (Lipinski definition) is 2. The van der Waals surface area contributed by atoms with Gasteiger partial charge in [-0.25, -0.2) is 4.99 Å². The molecule has 76 valence electrons. The van der Waals surface area contributed by atoms with E-state index in [1.807, 2.05) is 0 Å². The van der Waals surface area contributed by atoms with Crippen molar-refractivity contribution >= 4 is 22.5 Å². The zero-order valence-electron chi connectivity index (χ0n) is 7.14. The molecule has 0 aliphatic heterocycles. The summed E-state index contributed by atoms with van der Waals surface area (Å²) in [4.78, 5) is 6.87. The number of nitrogens with zero attached hydrogens (tertiary/aromatic N) is 2. The monoisotopic (exact) mass is 222 g/mol. The van der Waals surface area contributed by atoms with Gasteiger partial charge in [0.25, 0.3) is 0 Å². The molecule has 0 radical (unpaired) electrons. The van der Waals surface area contributed by atoms with Crippen LogP contribution < -0.4 is 0 Å². The van der Waals surface area contributed by atoms with Gasteiger partial charge in [-0.2, -0.15) is 13.2 Å². The summed E-state index contributed by atoms with van der Waals surface area (Å²) >= 11 is 4.96. The highest BCUT2D eigenvalue weighted by molar-refractivity contribution is 6.67. The summed E-state index contributed by atoms with van der Waals surface area (Å²) in [7, 11) is 0. The first kappa shape index (κ1) is 11.0. The third kappa shape index (κ3) is 2.70. The normalized spacial score (nSPS) is 13.1. The Kier molecular flexibility index (Phi) is 3.10. The minimum Gasteiger partial charge on any atom is -0.262 e. The number of aryl methyl sites for hydroxylation is 1. The van der Waals surface area contributed by atoms with Crippen molar-refractivity contribution in [3.05, 3.63) is 24.0 Å². The van der Waals surface area contributed by atoms with E-state index in [1.54, 1.807) is 13.0 Å². The molecule has 14 heavy (non-hydrogen) atoms. The molecule has 0 fully saturated rings. The predicted octanol–water partition coefficient (Wildman–Crippen LogP) is 3.22. The van der Waals surface area contributed by atoms with Crippen LogP contribution in [-0.4, -0.2) is 16.3 Å². The van der Waals surface area contributed by atoms with Crippen LogP contribution in [0.15, 0.2) is 23.5 Å². The molecular weight excluding hydrogens is 217 g/mol. The van der Waals surface area contributed by atoms with E-state index in [2.05, 4.69) is 9.98 Å². The lowest BCUT2D eigenvalue weighted by atomic mass is 10.3. The van der Waals surface area contributed by atoms with E-state index in [1.165, 1.54) is 12.4 Å². The number of alkyl halides is 3. The van der Waals surface area contributed by atoms with E-state index in [0.29, 0.717) is 5.56 Å². The molecule has 0 aliphatic carbocycles. The molecule has 0 atom stereocenters. The van der Waals surface area contributed by atoms with Gasteiger partial charge in [0, 0.05) is 6.20 Å². The van der Waals surface area contributed by atoms with Crippen molar-refractivity contribution in [1.82, 2.24) is 4.98 Å². The fraction of sp³-hybridized carbons (Fsp3) is 0.250. The Balaban J connectivity index is 3.04. The zero-order chi connectivity index (χ0) is 10.8. The lowest BCUT2D eigenvalue weighted by Gasteiger charge is -2.03. The first-order valence-corrected chi connectivity index (χ1v) is 4.01. The molecule has 1 heterocycles. The highest BCUT2D eigenvalue weighted by atomic mass is 35.5. The first-order chi connectivity index (χ1) is 6.41. The van der Waals surface area contributed by atoms with Gasteiger partial charge in [0.15, 0.2) is 0 Å². The van der Waals surface area contributed by atoms with Crippen LogP contribution in [-0.2, 0) is 0 Å². The second-order valence-corrected chi connectivity index (χ2v) is 2.92. The summed E-state index contributed by atoms with van der Waals surface area (Å²) < 4.78 is 36.0. The Bertz CT molecular complexity index is 360. The SMILES string of the molecule is Cc1ccncc1N=C(Cl)C(F)(F)F. The molecule has 0 unspecified atom stereocenters. The Labute approximate surface area is 83.4 Å². The fourth-order valence-corrected chi connectivity index (χ4v) is 0.833. The van der Waals surface area contributed by atoms with Crippen molar-refractivity contribution in [2.24, 2.45) is 4.99 Å². The number of rotatable bonds is 1. The van der Waals surface area contributed by atoms with Gasteiger partial charge in [0.2, 0.25) is 5.17 Å². The average Bonchev–Trinajstić information content (AvgIpc) is 2.07. The van der Waals surface area contributed by atoms with Gasteiger partial charge in [-0.3, -0.25) is 4.98 Å². The second kappa shape index (κ2) is 3.96. The van der Waals surface area contributed by atoms with Crippen LogP contribution in [0, 0.1) is 6.92 Å². The van der Waals surface area contributed by atoms with Crippen molar-refractivity contribution in [3.63, 3.8) is 0 Å². The summed E-state index contributed by atoms with van der Waals surface area (Å²) in [6.07, 6.45) is -1.91. The smallest absolute Gasteiger partial charge is 0.262 e. The topological polar surface area (TPSA) is 25.2 Å². The van der Waals surface area contributed by atoms with Gasteiger partial charge in [0.1, 0.15) is 0 Å². The predicted molar refractivity (Wildman–Crippen MR) is 48.0 cm³/mol. The molecule has 6 heteroatoms. The largest absolute Gasteiger partial charge is 0.444 e. The molecule has 0 N–H and O–H groups in total. The number of pyridine rings is 1. The maximum atomic E-state index is 12.0. The number of hydrogen-bond donors (Lipinski definition) is 0. The quantitative estimate of drug-likeness (QED) is 0.670. The van der Waals surface area contributed by atoms with Gasteiger partial charge in [0.05, 0.1) is 11.9 Å². The maximum absolute atomic E-state index is 12.0. The molecule has 2 nitrogen and oxygen atoms in total. The van der Waals surface area contributed by atoms with E-state index in [9.17, 15) is 13.2 Å². The van der Waals surface area contributed by atoms with E-state index < -0.39 is 11.3 Å². The van der Waals surface area contributed by atoms with E-state index in [4.69, 9.17) is 11.6 Å². The van der Waals surface area contributed by atoms with E-state index in [0.717, 1.165) is 0 Å². The molecule has 1 aromatic heterocycles. The van der Waals surface area contributed by atoms with Crippen LogP contribution in [0.5, 0.6) is 0 Å². The fourth-order valence-electron chi connectivity index (χ4n) is 0.742. The molecule has 0 aliphatic rings. The van der Waals surface area contributed by atoms with Crippen molar-refractivity contribution in [2.75, 3.05) is 0 Å². The lowest BCUT2D eigenvalue weighted by molar-refractivity contribution is -0.0558. The van der Waals surface area contributed by atoms with Crippen molar-refractivity contribution in [1.29, 1.82) is 0 Å². The molecule has 1 rings (SSSR count). The maximum Gasteiger partial charge on any atom is 0.444 e. The number of aromatic nitrogens is 1. The van der Waals surface area contributed by atoms with Crippen LogP contribution in [0.25, 0.3) is 0 Å². The standard InChI is InChI=1S/C8H6ClF3N2/c1-5-2-3-13-4-6(5)14-7(9)8(10,11)12/h2-4H,1H3. The van der Waals surface area contributed by atoms with Crippen LogP contribution in [0.1, 0.15) is 5.56 Å². The Morgan fingerprint density at radius 1 is 1.50 bits per heavy atom. The van der Waals surface area contributed by atoms with Crippen molar-refractivity contribution < 1.29 is 13.2 Å². The average molecular weight is 223 g/mol. The lowest BCUT2D eigenvalue weighted by Crippen LogP contribution is -2.16. The Morgan fingerprint density at radius 3 is 2.64 bits per heavy atom. The minimum absolute atomic E-state index is 0.120. The highest BCUT2D eigenvalue weighted by Crippen LogP contribution is 2.24. The zero-order valence-corrected chi connectivity index (χ0v) is 7.89. The molecule has 0 saturated carbocycles. The third-order valence-electron chi connectivity index (χ3n) is 1.46. The van der Waals surface area contributed by atoms with Gasteiger partial charge in [-0.1, -0.05) is 11.6 Å². The summed E-state index contributed by atoms with van der Waals surface area (Å²) in [6, 6.07) is 1.55. The molecule has 0 aromatic carbocycles. The number of halogens is 4. The second-order valence-electron chi connectivity index (χ2n) is 2.56. The van der Waals surface area contributed by atoms with Gasteiger partial charge >= 0.3 is 6.18 Å². The van der Waals surface area contributed by atoms with Crippen molar-refractivity contribution in [2.45, 2.75) is 13.1 Å². The molecule has 1 aromatic rings. The van der Waals surface area contributed by atoms with Gasteiger partial charge in [-0.15, -0.1) is 0 Å². The van der Waals surface area contributed by atoms with Gasteiger partial charge in [-0.05, 0) is 18.6 Å². The highest BCUT2D eigenvalue weighted by Gasteiger charge is 2.34. The van der Waals surface area contributed by atoms with E-state index in [-0.39, 0.29) is 5.69 Å². The van der Waals surface area contributed by atoms with Crippen LogP contribution >= 0.6 is 11.6 Å². The Hall–Kier alpha value is -1.10. The molecule has 0 amide bonds. The molecule has 0 saturated heterocycles. The Morgan fingerprint density at radius 2 is 2.14 bits per heavy atom. The number of aliphatic imine (C=N–C) groups is 1. The summed E-state index contributed by atoms with van der Waals surface area (Å²) in [6.45, 7) is 1.63. The van der Waals surface area contributed by atoms with Crippen LogP contribution in [0.2, 0.25) is 0 Å². The molecule has 0 spiro atoms. The summed E-state index contributed by atoms with van der Waals surface area (Å²) in [5.41, 5.74) is 0.706. The summed E-state index contributed by atoms with van der Waals surface area (Å²) in [5, 5.41) is -1.39. The first-order valence-electron chi connectivity index (χ1n) is 3.63. The van der Waals surface area contributed by atoms with Crippen LogP contribution in [0.3, 0.4) is 0 Å². The molecular formula is C8H6ClF3N2. The van der Waals surface area contributed by atoms with E-state index >= 15 is 0 Å².